The average Bonchev–Trinajstić information content (AvgIpc) is 2.55. The van der Waals surface area contributed by atoms with E-state index < -0.39 is 5.97 Å². The quantitative estimate of drug-likeness (QED) is 0.361. The predicted molar refractivity (Wildman–Crippen MR) is 85.1 cm³/mol. The summed E-state index contributed by atoms with van der Waals surface area (Å²) in [5.41, 5.74) is 8.08. The number of rotatable bonds is 10. The zero-order chi connectivity index (χ0) is 16.2. The Hall–Kier alpha value is -1.53. The SMILES string of the molecule is CCOCCOC(=O)/C(N)=C1\C=C(NCCCOC)CCC1. The lowest BCUT2D eigenvalue weighted by atomic mass is 9.97. The summed E-state index contributed by atoms with van der Waals surface area (Å²) in [6.45, 7) is 4.71. The Morgan fingerprint density at radius 1 is 1.32 bits per heavy atom. The van der Waals surface area contributed by atoms with Crippen LogP contribution in [0.3, 0.4) is 0 Å². The summed E-state index contributed by atoms with van der Waals surface area (Å²) in [7, 11) is 1.69. The molecule has 0 aromatic carbocycles. The topological polar surface area (TPSA) is 82.8 Å². The normalized spacial score (nSPS) is 16.9. The van der Waals surface area contributed by atoms with Crippen molar-refractivity contribution in [3.05, 3.63) is 23.0 Å². The third kappa shape index (κ3) is 6.95. The van der Waals surface area contributed by atoms with Crippen LogP contribution in [0.2, 0.25) is 0 Å². The number of esters is 1. The van der Waals surface area contributed by atoms with E-state index in [4.69, 9.17) is 19.9 Å². The van der Waals surface area contributed by atoms with Crippen molar-refractivity contribution in [2.45, 2.75) is 32.6 Å². The molecule has 0 saturated carbocycles. The van der Waals surface area contributed by atoms with E-state index in [0.29, 0.717) is 13.2 Å². The van der Waals surface area contributed by atoms with Gasteiger partial charge in [-0.05, 0) is 44.3 Å². The van der Waals surface area contributed by atoms with Gasteiger partial charge in [-0.3, -0.25) is 0 Å². The Morgan fingerprint density at radius 3 is 2.86 bits per heavy atom. The van der Waals surface area contributed by atoms with Gasteiger partial charge in [0.1, 0.15) is 12.3 Å². The molecule has 3 N–H and O–H groups in total. The number of hydrogen-bond donors (Lipinski definition) is 2. The van der Waals surface area contributed by atoms with Crippen LogP contribution in [0.1, 0.15) is 32.6 Å². The van der Waals surface area contributed by atoms with Crippen molar-refractivity contribution >= 4 is 5.97 Å². The summed E-state index contributed by atoms with van der Waals surface area (Å²) in [4.78, 5) is 11.9. The molecule has 22 heavy (non-hydrogen) atoms. The van der Waals surface area contributed by atoms with Gasteiger partial charge >= 0.3 is 5.97 Å². The van der Waals surface area contributed by atoms with E-state index in [0.717, 1.165) is 50.1 Å². The van der Waals surface area contributed by atoms with Crippen LogP contribution in [0.4, 0.5) is 0 Å². The average molecular weight is 312 g/mol. The van der Waals surface area contributed by atoms with Crippen LogP contribution < -0.4 is 11.1 Å². The van der Waals surface area contributed by atoms with Crippen molar-refractivity contribution in [2.24, 2.45) is 5.73 Å². The first kappa shape index (κ1) is 18.5. The zero-order valence-electron chi connectivity index (χ0n) is 13.7. The molecule has 0 aromatic heterocycles. The highest BCUT2D eigenvalue weighted by atomic mass is 16.6. The number of carbonyl (C=O) groups excluding carboxylic acids is 1. The van der Waals surface area contributed by atoms with Gasteiger partial charge < -0.3 is 25.3 Å². The van der Waals surface area contributed by atoms with Crippen molar-refractivity contribution in [1.29, 1.82) is 0 Å². The predicted octanol–water partition coefficient (Wildman–Crippen LogP) is 1.47. The molecule has 0 spiro atoms. The summed E-state index contributed by atoms with van der Waals surface area (Å²) in [6, 6.07) is 0. The lowest BCUT2D eigenvalue weighted by Crippen LogP contribution is -2.22. The van der Waals surface area contributed by atoms with E-state index in [1.54, 1.807) is 7.11 Å². The second-order valence-electron chi connectivity index (χ2n) is 5.07. The molecule has 0 radical (unpaired) electrons. The summed E-state index contributed by atoms with van der Waals surface area (Å²) in [5, 5.41) is 3.36. The van der Waals surface area contributed by atoms with Crippen LogP contribution in [-0.4, -0.2) is 46.1 Å². The van der Waals surface area contributed by atoms with Gasteiger partial charge in [-0.2, -0.15) is 0 Å². The first-order valence-corrected chi connectivity index (χ1v) is 7.85. The fourth-order valence-electron chi connectivity index (χ4n) is 2.19. The monoisotopic (exact) mass is 312 g/mol. The van der Waals surface area contributed by atoms with E-state index in [1.165, 1.54) is 0 Å². The summed E-state index contributed by atoms with van der Waals surface area (Å²) >= 11 is 0. The molecule has 0 heterocycles. The van der Waals surface area contributed by atoms with Crippen molar-refractivity contribution in [1.82, 2.24) is 5.32 Å². The first-order chi connectivity index (χ1) is 10.7. The highest BCUT2D eigenvalue weighted by molar-refractivity contribution is 5.88. The largest absolute Gasteiger partial charge is 0.459 e. The highest BCUT2D eigenvalue weighted by Crippen LogP contribution is 2.22. The molecule has 0 amide bonds. The number of nitrogens with one attached hydrogen (secondary N) is 1. The summed E-state index contributed by atoms with van der Waals surface area (Å²) in [6.07, 6.45) is 5.67. The summed E-state index contributed by atoms with van der Waals surface area (Å²) < 4.78 is 15.2. The number of ether oxygens (including phenoxy) is 3. The highest BCUT2D eigenvalue weighted by Gasteiger charge is 2.16. The van der Waals surface area contributed by atoms with Gasteiger partial charge in [-0.25, -0.2) is 4.79 Å². The minimum Gasteiger partial charge on any atom is -0.459 e. The van der Waals surface area contributed by atoms with E-state index in [1.807, 2.05) is 13.0 Å². The summed E-state index contributed by atoms with van der Waals surface area (Å²) in [5.74, 6) is -0.466. The second kappa shape index (κ2) is 11.1. The van der Waals surface area contributed by atoms with Crippen LogP contribution in [0.15, 0.2) is 23.0 Å². The minimum absolute atomic E-state index is 0.201. The van der Waals surface area contributed by atoms with Gasteiger partial charge in [-0.1, -0.05) is 0 Å². The van der Waals surface area contributed by atoms with Gasteiger partial charge in [0.2, 0.25) is 0 Å². The maximum Gasteiger partial charge on any atom is 0.354 e. The maximum atomic E-state index is 11.9. The molecule has 6 nitrogen and oxygen atoms in total. The zero-order valence-corrected chi connectivity index (χ0v) is 13.7. The van der Waals surface area contributed by atoms with Crippen LogP contribution in [0, 0.1) is 0 Å². The van der Waals surface area contributed by atoms with E-state index in [9.17, 15) is 4.79 Å². The Balaban J connectivity index is 2.50. The molecule has 0 aromatic rings. The maximum absolute atomic E-state index is 11.9. The number of methoxy groups -OCH3 is 1. The van der Waals surface area contributed by atoms with Crippen LogP contribution in [0.25, 0.3) is 0 Å². The van der Waals surface area contributed by atoms with Gasteiger partial charge in [0, 0.05) is 32.6 Å². The van der Waals surface area contributed by atoms with Gasteiger partial charge in [0.05, 0.1) is 6.61 Å². The molecule has 0 aliphatic heterocycles. The smallest absolute Gasteiger partial charge is 0.354 e. The fourth-order valence-corrected chi connectivity index (χ4v) is 2.19. The van der Waals surface area contributed by atoms with Crippen LogP contribution in [-0.2, 0) is 19.0 Å². The Morgan fingerprint density at radius 2 is 2.14 bits per heavy atom. The van der Waals surface area contributed by atoms with E-state index in [-0.39, 0.29) is 12.3 Å². The minimum atomic E-state index is -0.466. The molecular formula is C16H28N2O4. The van der Waals surface area contributed by atoms with Crippen molar-refractivity contribution in [3.8, 4) is 0 Å². The molecular weight excluding hydrogens is 284 g/mol. The molecule has 126 valence electrons. The second-order valence-corrected chi connectivity index (χ2v) is 5.07. The van der Waals surface area contributed by atoms with Gasteiger partial charge in [-0.15, -0.1) is 0 Å². The first-order valence-electron chi connectivity index (χ1n) is 7.85. The van der Waals surface area contributed by atoms with Crippen LogP contribution >= 0.6 is 0 Å². The van der Waals surface area contributed by atoms with Crippen molar-refractivity contribution < 1.29 is 19.0 Å². The standard InChI is InChI=1S/C16H28N2O4/c1-3-21-10-11-22-16(19)15(17)13-6-4-7-14(12-13)18-8-5-9-20-2/h12,18H,3-11,17H2,1-2H3/b15-13+. The van der Waals surface area contributed by atoms with Gasteiger partial charge in [0.25, 0.3) is 0 Å². The number of allylic oxidation sites excluding steroid dienone is 3. The molecule has 6 heteroatoms. The van der Waals surface area contributed by atoms with E-state index in [2.05, 4.69) is 5.32 Å². The third-order valence-electron chi connectivity index (χ3n) is 3.35. The number of carbonyl (C=O) groups is 1. The fraction of sp³-hybridized carbons (Fsp3) is 0.688. The molecule has 1 aliphatic carbocycles. The van der Waals surface area contributed by atoms with Crippen LogP contribution in [0.5, 0.6) is 0 Å². The molecule has 0 atom stereocenters. The molecule has 0 bridgehead atoms. The number of nitrogens with two attached hydrogens (primary N) is 1. The number of hydrogen-bond acceptors (Lipinski definition) is 6. The third-order valence-corrected chi connectivity index (χ3v) is 3.35. The lowest BCUT2D eigenvalue weighted by Gasteiger charge is -2.18. The van der Waals surface area contributed by atoms with Crippen molar-refractivity contribution in [2.75, 3.05) is 40.1 Å². The lowest BCUT2D eigenvalue weighted by molar-refractivity contribution is -0.140. The van der Waals surface area contributed by atoms with Crippen molar-refractivity contribution in [3.63, 3.8) is 0 Å². The molecule has 1 rings (SSSR count). The van der Waals surface area contributed by atoms with E-state index >= 15 is 0 Å². The molecule has 0 saturated heterocycles. The molecule has 0 unspecified atom stereocenters. The molecule has 0 fully saturated rings. The Bertz CT molecular complexity index is 405. The van der Waals surface area contributed by atoms with Gasteiger partial charge in [0.15, 0.2) is 0 Å². The Kier molecular flexibility index (Phi) is 9.34. The molecule has 1 aliphatic rings. The Labute approximate surface area is 132 Å².